The first kappa shape index (κ1) is 15.7. The highest BCUT2D eigenvalue weighted by Gasteiger charge is 2.08. The Kier molecular flexibility index (Phi) is 7.18. The van der Waals surface area contributed by atoms with E-state index < -0.39 is 0 Å². The number of thiophene rings is 1. The third-order valence-corrected chi connectivity index (χ3v) is 3.80. The summed E-state index contributed by atoms with van der Waals surface area (Å²) in [6.07, 6.45) is 3.26. The van der Waals surface area contributed by atoms with E-state index in [1.807, 2.05) is 13.1 Å². The molecule has 106 valence electrons. The SMILES string of the molecule is CC(=O)NCCCN(C)C(=O)CCCc1cccs1. The van der Waals surface area contributed by atoms with Crippen LogP contribution in [0.1, 0.15) is 31.1 Å². The predicted octanol–water partition coefficient (Wildman–Crippen LogP) is 2.06. The lowest BCUT2D eigenvalue weighted by atomic mass is 10.2. The molecule has 19 heavy (non-hydrogen) atoms. The lowest BCUT2D eigenvalue weighted by Gasteiger charge is -2.17. The molecule has 0 bridgehead atoms. The van der Waals surface area contributed by atoms with Crippen LogP contribution in [0, 0.1) is 0 Å². The van der Waals surface area contributed by atoms with E-state index in [9.17, 15) is 9.59 Å². The van der Waals surface area contributed by atoms with E-state index in [0.717, 1.165) is 19.3 Å². The molecule has 0 aliphatic rings. The number of amides is 2. The third kappa shape index (κ3) is 6.96. The summed E-state index contributed by atoms with van der Waals surface area (Å²) in [5.74, 6) is 0.157. The van der Waals surface area contributed by atoms with Gasteiger partial charge >= 0.3 is 0 Å². The molecule has 0 unspecified atom stereocenters. The van der Waals surface area contributed by atoms with Gasteiger partial charge in [-0.15, -0.1) is 11.3 Å². The maximum absolute atomic E-state index is 11.8. The van der Waals surface area contributed by atoms with Crippen molar-refractivity contribution in [2.45, 2.75) is 32.6 Å². The molecule has 0 fully saturated rings. The first-order valence-electron chi connectivity index (χ1n) is 6.60. The molecule has 0 aliphatic heterocycles. The fourth-order valence-corrected chi connectivity index (χ4v) is 2.52. The second-order valence-electron chi connectivity index (χ2n) is 4.58. The van der Waals surface area contributed by atoms with E-state index in [-0.39, 0.29) is 11.8 Å². The second-order valence-corrected chi connectivity index (χ2v) is 5.62. The number of nitrogens with zero attached hydrogens (tertiary/aromatic N) is 1. The minimum absolute atomic E-state index is 0.0232. The van der Waals surface area contributed by atoms with Crippen molar-refractivity contribution in [3.63, 3.8) is 0 Å². The van der Waals surface area contributed by atoms with Crippen molar-refractivity contribution in [2.24, 2.45) is 0 Å². The maximum Gasteiger partial charge on any atom is 0.222 e. The summed E-state index contributed by atoms with van der Waals surface area (Å²) in [5, 5.41) is 4.79. The zero-order chi connectivity index (χ0) is 14.1. The number of hydrogen-bond donors (Lipinski definition) is 1. The average molecular weight is 282 g/mol. The van der Waals surface area contributed by atoms with Crippen molar-refractivity contribution in [2.75, 3.05) is 20.1 Å². The summed E-state index contributed by atoms with van der Waals surface area (Å²) in [5.41, 5.74) is 0. The minimum atomic E-state index is -0.0232. The third-order valence-electron chi connectivity index (χ3n) is 2.86. The summed E-state index contributed by atoms with van der Waals surface area (Å²) in [4.78, 5) is 25.6. The van der Waals surface area contributed by atoms with Gasteiger partial charge in [-0.2, -0.15) is 0 Å². The van der Waals surface area contributed by atoms with E-state index in [1.165, 1.54) is 11.8 Å². The highest BCUT2D eigenvalue weighted by atomic mass is 32.1. The average Bonchev–Trinajstić information content (AvgIpc) is 2.87. The van der Waals surface area contributed by atoms with Gasteiger partial charge in [-0.1, -0.05) is 6.07 Å². The fraction of sp³-hybridized carbons (Fsp3) is 0.571. The van der Waals surface area contributed by atoms with Crippen LogP contribution in [0.15, 0.2) is 17.5 Å². The topological polar surface area (TPSA) is 49.4 Å². The van der Waals surface area contributed by atoms with Gasteiger partial charge in [0.1, 0.15) is 0 Å². The van der Waals surface area contributed by atoms with Crippen LogP contribution in [-0.4, -0.2) is 36.9 Å². The number of nitrogens with one attached hydrogen (secondary N) is 1. The van der Waals surface area contributed by atoms with Gasteiger partial charge < -0.3 is 10.2 Å². The molecule has 5 heteroatoms. The Morgan fingerprint density at radius 1 is 1.37 bits per heavy atom. The number of carbonyl (C=O) groups is 2. The molecular weight excluding hydrogens is 260 g/mol. The van der Waals surface area contributed by atoms with E-state index in [0.29, 0.717) is 19.5 Å². The van der Waals surface area contributed by atoms with Crippen LogP contribution < -0.4 is 5.32 Å². The summed E-state index contributed by atoms with van der Waals surface area (Å²) in [7, 11) is 1.82. The van der Waals surface area contributed by atoms with Crippen molar-refractivity contribution < 1.29 is 9.59 Å². The Bertz CT molecular complexity index is 390. The van der Waals surface area contributed by atoms with Gasteiger partial charge in [0.15, 0.2) is 0 Å². The molecule has 0 aromatic carbocycles. The van der Waals surface area contributed by atoms with E-state index >= 15 is 0 Å². The predicted molar refractivity (Wildman–Crippen MR) is 78.2 cm³/mol. The van der Waals surface area contributed by atoms with Gasteiger partial charge in [0, 0.05) is 38.4 Å². The summed E-state index contributed by atoms with van der Waals surface area (Å²) in [6.45, 7) is 2.82. The smallest absolute Gasteiger partial charge is 0.222 e. The van der Waals surface area contributed by atoms with Gasteiger partial charge in [-0.25, -0.2) is 0 Å². The van der Waals surface area contributed by atoms with Gasteiger partial charge in [-0.3, -0.25) is 9.59 Å². The molecule has 0 saturated carbocycles. The molecule has 2 amide bonds. The monoisotopic (exact) mass is 282 g/mol. The maximum atomic E-state index is 11.8. The van der Waals surface area contributed by atoms with Crippen LogP contribution >= 0.6 is 11.3 Å². The minimum Gasteiger partial charge on any atom is -0.356 e. The molecule has 1 aromatic heterocycles. The molecule has 0 spiro atoms. The fourth-order valence-electron chi connectivity index (χ4n) is 1.76. The molecule has 0 saturated heterocycles. The van der Waals surface area contributed by atoms with Crippen molar-refractivity contribution in [1.29, 1.82) is 0 Å². The molecule has 1 aromatic rings. The van der Waals surface area contributed by atoms with E-state index in [2.05, 4.69) is 16.8 Å². The Labute approximate surface area is 118 Å². The van der Waals surface area contributed by atoms with Crippen LogP contribution in [0.3, 0.4) is 0 Å². The molecule has 0 aliphatic carbocycles. The zero-order valence-corrected chi connectivity index (χ0v) is 12.5. The standard InChI is InChI=1S/C14H22N2O2S/c1-12(17)15-9-5-10-16(2)14(18)8-3-6-13-7-4-11-19-13/h4,7,11H,3,5-6,8-10H2,1-2H3,(H,15,17). The Morgan fingerprint density at radius 2 is 2.16 bits per heavy atom. The first-order valence-corrected chi connectivity index (χ1v) is 7.48. The van der Waals surface area contributed by atoms with Crippen LogP contribution in [-0.2, 0) is 16.0 Å². The normalized spacial score (nSPS) is 10.2. The van der Waals surface area contributed by atoms with Gasteiger partial charge in [0.2, 0.25) is 11.8 Å². The number of carbonyl (C=O) groups excluding carboxylic acids is 2. The summed E-state index contributed by atoms with van der Waals surface area (Å²) >= 11 is 1.74. The largest absolute Gasteiger partial charge is 0.356 e. The van der Waals surface area contributed by atoms with Crippen molar-refractivity contribution in [1.82, 2.24) is 10.2 Å². The van der Waals surface area contributed by atoms with Crippen molar-refractivity contribution in [3.8, 4) is 0 Å². The summed E-state index contributed by atoms with van der Waals surface area (Å²) in [6, 6.07) is 4.14. The lowest BCUT2D eigenvalue weighted by molar-refractivity contribution is -0.130. The molecule has 0 atom stereocenters. The highest BCUT2D eigenvalue weighted by molar-refractivity contribution is 7.09. The second kappa shape index (κ2) is 8.69. The van der Waals surface area contributed by atoms with Gasteiger partial charge in [-0.05, 0) is 30.7 Å². The Hall–Kier alpha value is -1.36. The Balaban J connectivity index is 2.09. The number of aryl methyl sites for hydroxylation is 1. The van der Waals surface area contributed by atoms with Crippen LogP contribution in [0.4, 0.5) is 0 Å². The van der Waals surface area contributed by atoms with Crippen molar-refractivity contribution >= 4 is 23.2 Å². The molecule has 1 heterocycles. The quantitative estimate of drug-likeness (QED) is 0.742. The zero-order valence-electron chi connectivity index (χ0n) is 11.6. The van der Waals surface area contributed by atoms with Crippen LogP contribution in [0.25, 0.3) is 0 Å². The van der Waals surface area contributed by atoms with Crippen LogP contribution in [0.5, 0.6) is 0 Å². The molecule has 1 N–H and O–H groups in total. The molecule has 4 nitrogen and oxygen atoms in total. The van der Waals surface area contributed by atoms with Crippen molar-refractivity contribution in [3.05, 3.63) is 22.4 Å². The highest BCUT2D eigenvalue weighted by Crippen LogP contribution is 2.12. The van der Waals surface area contributed by atoms with E-state index in [1.54, 1.807) is 16.2 Å². The first-order chi connectivity index (χ1) is 9.09. The molecule has 0 radical (unpaired) electrons. The number of hydrogen-bond acceptors (Lipinski definition) is 3. The van der Waals surface area contributed by atoms with Crippen LogP contribution in [0.2, 0.25) is 0 Å². The Morgan fingerprint density at radius 3 is 2.79 bits per heavy atom. The van der Waals surface area contributed by atoms with Gasteiger partial charge in [0.25, 0.3) is 0 Å². The summed E-state index contributed by atoms with van der Waals surface area (Å²) < 4.78 is 0. The molecular formula is C14H22N2O2S. The van der Waals surface area contributed by atoms with E-state index in [4.69, 9.17) is 0 Å². The lowest BCUT2D eigenvalue weighted by Crippen LogP contribution is -2.30. The molecule has 1 rings (SSSR count). The number of rotatable bonds is 8. The van der Waals surface area contributed by atoms with Gasteiger partial charge in [0.05, 0.1) is 0 Å².